The van der Waals surface area contributed by atoms with E-state index in [1.54, 1.807) is 24.3 Å². The molecule has 0 aliphatic carbocycles. The monoisotopic (exact) mass is 425 g/mol. The van der Waals surface area contributed by atoms with Crippen LogP contribution in [0.1, 0.15) is 0 Å². The van der Waals surface area contributed by atoms with Crippen LogP contribution in [0.3, 0.4) is 0 Å². The number of hydrogen-bond donors (Lipinski definition) is 1. The first kappa shape index (κ1) is 18.2. The van der Waals surface area contributed by atoms with Crippen molar-refractivity contribution in [3.63, 3.8) is 0 Å². The van der Waals surface area contributed by atoms with Crippen LogP contribution in [0, 0.1) is 5.82 Å². The molecule has 1 N–H and O–H groups in total. The third kappa shape index (κ3) is 4.71. The lowest BCUT2D eigenvalue weighted by Crippen LogP contribution is -2.48. The second-order valence-corrected chi connectivity index (χ2v) is 7.21. The minimum absolute atomic E-state index is 0.108. The molecule has 0 spiro atoms. The molecule has 1 aliphatic rings. The van der Waals surface area contributed by atoms with E-state index in [1.807, 2.05) is 17.0 Å². The van der Waals surface area contributed by atoms with E-state index in [9.17, 15) is 9.18 Å². The number of piperazine rings is 1. The van der Waals surface area contributed by atoms with Gasteiger partial charge in [0.2, 0.25) is 5.91 Å². The van der Waals surface area contributed by atoms with Gasteiger partial charge in [0.05, 0.1) is 22.9 Å². The lowest BCUT2D eigenvalue weighted by Gasteiger charge is -2.35. The number of anilines is 2. The zero-order chi connectivity index (χ0) is 17.8. The highest BCUT2D eigenvalue weighted by atomic mass is 79.9. The predicted molar refractivity (Wildman–Crippen MR) is 103 cm³/mol. The summed E-state index contributed by atoms with van der Waals surface area (Å²) in [5, 5.41) is 3.32. The van der Waals surface area contributed by atoms with Crippen LogP contribution >= 0.6 is 27.5 Å². The largest absolute Gasteiger partial charge is 0.367 e. The first-order valence-corrected chi connectivity index (χ1v) is 9.17. The minimum Gasteiger partial charge on any atom is -0.367 e. The summed E-state index contributed by atoms with van der Waals surface area (Å²) in [6.07, 6.45) is 0. The molecule has 2 aromatic carbocycles. The highest BCUT2D eigenvalue weighted by Crippen LogP contribution is 2.25. The molecule has 1 amide bonds. The Morgan fingerprint density at radius 1 is 1.16 bits per heavy atom. The molecular weight excluding hydrogens is 409 g/mol. The van der Waals surface area contributed by atoms with Crippen molar-refractivity contribution >= 4 is 44.8 Å². The van der Waals surface area contributed by atoms with Gasteiger partial charge in [0.25, 0.3) is 0 Å². The number of benzene rings is 2. The van der Waals surface area contributed by atoms with E-state index in [1.165, 1.54) is 6.07 Å². The van der Waals surface area contributed by atoms with Gasteiger partial charge in [-0.2, -0.15) is 0 Å². The van der Waals surface area contributed by atoms with Crippen molar-refractivity contribution < 1.29 is 9.18 Å². The fraction of sp³-hybridized carbons (Fsp3) is 0.278. The average Bonchev–Trinajstić information content (AvgIpc) is 2.59. The highest BCUT2D eigenvalue weighted by molar-refractivity contribution is 9.10. The minimum atomic E-state index is -0.210. The Bertz CT molecular complexity index is 766. The number of nitrogens with zero attached hydrogens (tertiary/aromatic N) is 2. The molecule has 7 heteroatoms. The number of amides is 1. The predicted octanol–water partition coefficient (Wildman–Crippen LogP) is 4.00. The van der Waals surface area contributed by atoms with E-state index in [0.29, 0.717) is 42.6 Å². The molecule has 3 rings (SSSR count). The van der Waals surface area contributed by atoms with E-state index in [2.05, 4.69) is 26.1 Å². The Hall–Kier alpha value is -1.63. The van der Waals surface area contributed by atoms with E-state index < -0.39 is 0 Å². The summed E-state index contributed by atoms with van der Waals surface area (Å²) in [6.45, 7) is 3.07. The van der Waals surface area contributed by atoms with Crippen LogP contribution in [0.25, 0.3) is 0 Å². The van der Waals surface area contributed by atoms with E-state index in [0.717, 1.165) is 4.47 Å². The van der Waals surface area contributed by atoms with E-state index in [4.69, 9.17) is 11.6 Å². The van der Waals surface area contributed by atoms with E-state index >= 15 is 0 Å². The molecule has 0 aromatic heterocycles. The average molecular weight is 427 g/mol. The Kier molecular flexibility index (Phi) is 5.93. The zero-order valence-electron chi connectivity index (χ0n) is 13.5. The summed E-state index contributed by atoms with van der Waals surface area (Å²) in [7, 11) is 0. The Morgan fingerprint density at radius 3 is 2.56 bits per heavy atom. The summed E-state index contributed by atoms with van der Waals surface area (Å²) in [5.41, 5.74) is 1.22. The Labute approximate surface area is 159 Å². The topological polar surface area (TPSA) is 35.6 Å². The number of para-hydroxylation sites is 1. The fourth-order valence-corrected chi connectivity index (χ4v) is 3.56. The van der Waals surface area contributed by atoms with Crippen LogP contribution in [0.4, 0.5) is 15.8 Å². The number of rotatable bonds is 4. The van der Waals surface area contributed by atoms with Crippen LogP contribution in [-0.4, -0.2) is 43.5 Å². The van der Waals surface area contributed by atoms with Crippen molar-refractivity contribution in [3.05, 3.63) is 57.8 Å². The quantitative estimate of drug-likeness (QED) is 0.803. The van der Waals surface area contributed by atoms with Gasteiger partial charge in [-0.25, -0.2) is 4.39 Å². The van der Waals surface area contributed by atoms with Crippen LogP contribution in [0.2, 0.25) is 5.02 Å². The maximum atomic E-state index is 13.9. The molecule has 0 radical (unpaired) electrons. The maximum absolute atomic E-state index is 13.9. The van der Waals surface area contributed by atoms with Crippen LogP contribution in [-0.2, 0) is 4.79 Å². The molecule has 1 aliphatic heterocycles. The van der Waals surface area contributed by atoms with Crippen molar-refractivity contribution in [2.24, 2.45) is 0 Å². The van der Waals surface area contributed by atoms with Crippen LogP contribution in [0.5, 0.6) is 0 Å². The van der Waals surface area contributed by atoms with Gasteiger partial charge in [0, 0.05) is 30.7 Å². The van der Waals surface area contributed by atoms with Gasteiger partial charge in [-0.1, -0.05) is 39.7 Å². The molecule has 1 heterocycles. The summed E-state index contributed by atoms with van der Waals surface area (Å²) in [4.78, 5) is 16.3. The van der Waals surface area contributed by atoms with Gasteiger partial charge in [0.15, 0.2) is 0 Å². The lowest BCUT2D eigenvalue weighted by atomic mass is 10.2. The third-order valence-electron chi connectivity index (χ3n) is 4.14. The number of carbonyl (C=O) groups excluding carboxylic acids is 1. The maximum Gasteiger partial charge on any atom is 0.238 e. The molecule has 0 saturated carbocycles. The van der Waals surface area contributed by atoms with Crippen LogP contribution < -0.4 is 10.2 Å². The summed E-state index contributed by atoms with van der Waals surface area (Å²) in [5.74, 6) is -0.317. The molecule has 1 saturated heterocycles. The van der Waals surface area contributed by atoms with Crippen molar-refractivity contribution in [3.8, 4) is 0 Å². The normalized spacial score (nSPS) is 15.2. The third-order valence-corrected chi connectivity index (χ3v) is 4.94. The SMILES string of the molecule is O=C(CN1CCN(c2ccccc2F)CC1)Nc1ccc(Br)cc1Cl. The second-order valence-electron chi connectivity index (χ2n) is 5.89. The van der Waals surface area contributed by atoms with Crippen LogP contribution in [0.15, 0.2) is 46.9 Å². The molecular formula is C18H18BrClFN3O. The van der Waals surface area contributed by atoms with Gasteiger partial charge >= 0.3 is 0 Å². The van der Waals surface area contributed by atoms with Gasteiger partial charge in [-0.15, -0.1) is 0 Å². The van der Waals surface area contributed by atoms with Crippen molar-refractivity contribution in [2.45, 2.75) is 0 Å². The Balaban J connectivity index is 1.52. The number of carbonyl (C=O) groups is 1. The summed E-state index contributed by atoms with van der Waals surface area (Å²) < 4.78 is 14.7. The molecule has 2 aromatic rings. The van der Waals surface area contributed by atoms with Gasteiger partial charge in [0.1, 0.15) is 5.82 Å². The molecule has 0 atom stereocenters. The smallest absolute Gasteiger partial charge is 0.238 e. The molecule has 1 fully saturated rings. The number of halogens is 3. The van der Waals surface area contributed by atoms with E-state index in [-0.39, 0.29) is 18.3 Å². The number of hydrogen-bond acceptors (Lipinski definition) is 3. The number of nitrogens with one attached hydrogen (secondary N) is 1. The summed E-state index contributed by atoms with van der Waals surface area (Å²) in [6, 6.07) is 12.1. The van der Waals surface area contributed by atoms with Crippen molar-refractivity contribution in [1.82, 2.24) is 4.90 Å². The molecule has 0 unspecified atom stereocenters. The second kappa shape index (κ2) is 8.17. The highest BCUT2D eigenvalue weighted by Gasteiger charge is 2.21. The van der Waals surface area contributed by atoms with Crippen molar-refractivity contribution in [1.29, 1.82) is 0 Å². The molecule has 0 bridgehead atoms. The van der Waals surface area contributed by atoms with Crippen molar-refractivity contribution in [2.75, 3.05) is 42.9 Å². The summed E-state index contributed by atoms with van der Waals surface area (Å²) >= 11 is 9.45. The molecule has 25 heavy (non-hydrogen) atoms. The first-order valence-electron chi connectivity index (χ1n) is 7.99. The first-order chi connectivity index (χ1) is 12.0. The van der Waals surface area contributed by atoms with Gasteiger partial charge < -0.3 is 10.2 Å². The zero-order valence-corrected chi connectivity index (χ0v) is 15.9. The van der Waals surface area contributed by atoms with Gasteiger partial charge in [-0.05, 0) is 30.3 Å². The standard InChI is InChI=1S/C18H18BrClFN3O/c19-13-5-6-16(14(20)11-13)22-18(25)12-23-7-9-24(10-8-23)17-4-2-1-3-15(17)21/h1-6,11H,7-10,12H2,(H,22,25). The lowest BCUT2D eigenvalue weighted by molar-refractivity contribution is -0.117. The molecule has 132 valence electrons. The Morgan fingerprint density at radius 2 is 1.88 bits per heavy atom. The molecule has 4 nitrogen and oxygen atoms in total. The fourth-order valence-electron chi connectivity index (χ4n) is 2.84. The van der Waals surface area contributed by atoms with Gasteiger partial charge in [-0.3, -0.25) is 9.69 Å².